The van der Waals surface area contributed by atoms with Crippen LogP contribution >= 0.6 is 0 Å². The summed E-state index contributed by atoms with van der Waals surface area (Å²) in [6.45, 7) is -0.583. The molecule has 2 unspecified atom stereocenters. The molecule has 5 rings (SSSR count). The van der Waals surface area contributed by atoms with E-state index in [-0.39, 0.29) is 12.2 Å². The maximum absolute atomic E-state index is 14.4. The molecule has 3 heterocycles. The predicted octanol–water partition coefficient (Wildman–Crippen LogP) is -0.968. The SMILES string of the molecule is NCC(Oc1ccccc1)(C(Cc1ccccc1)(C(N)=O)N1CCCCC1)[C@@]1(n2ccc(=O)[nH]c2=O)O[C@H](CO)[C@@H](O)[C@H]1O. The number of nitrogens with two attached hydrogens (primary N) is 2. The molecule has 2 aromatic carbocycles. The third-order valence-corrected chi connectivity index (χ3v) is 8.97. The number of ether oxygens (including phenoxy) is 2. The first kappa shape index (κ1) is 31.6. The van der Waals surface area contributed by atoms with E-state index in [0.29, 0.717) is 31.5 Å². The fourth-order valence-corrected chi connectivity index (χ4v) is 6.98. The monoisotopic (exact) mass is 609 g/mol. The third kappa shape index (κ3) is 4.95. The predicted molar refractivity (Wildman–Crippen MR) is 160 cm³/mol. The van der Waals surface area contributed by atoms with Crippen molar-refractivity contribution < 1.29 is 29.6 Å². The van der Waals surface area contributed by atoms with Gasteiger partial charge in [0.25, 0.3) is 5.56 Å². The highest BCUT2D eigenvalue weighted by Gasteiger charge is 2.77. The molecule has 0 spiro atoms. The smallest absolute Gasteiger partial charge is 0.330 e. The zero-order chi connectivity index (χ0) is 31.5. The summed E-state index contributed by atoms with van der Waals surface area (Å²) >= 11 is 0. The molecule has 1 aromatic heterocycles. The fraction of sp³-hybridized carbons (Fsp3) is 0.452. The average molecular weight is 610 g/mol. The zero-order valence-electron chi connectivity index (χ0n) is 24.2. The molecular formula is C31H39N5O8. The first-order valence-electron chi connectivity index (χ1n) is 14.7. The van der Waals surface area contributed by atoms with Crippen LogP contribution in [-0.4, -0.2) is 91.4 Å². The number of carbonyl (C=O) groups is 1. The second-order valence-corrected chi connectivity index (χ2v) is 11.3. The van der Waals surface area contributed by atoms with E-state index in [4.69, 9.17) is 20.9 Å². The number of benzene rings is 2. The van der Waals surface area contributed by atoms with Crippen molar-refractivity contribution in [1.29, 1.82) is 0 Å². The van der Waals surface area contributed by atoms with Gasteiger partial charge in [-0.05, 0) is 43.6 Å². The Hall–Kier alpha value is -3.85. The third-order valence-electron chi connectivity index (χ3n) is 8.97. The van der Waals surface area contributed by atoms with E-state index in [1.165, 1.54) is 0 Å². The Morgan fingerprint density at radius 1 is 1.02 bits per heavy atom. The van der Waals surface area contributed by atoms with Crippen LogP contribution in [-0.2, 0) is 21.7 Å². The van der Waals surface area contributed by atoms with Crippen molar-refractivity contribution in [3.8, 4) is 5.75 Å². The first-order valence-corrected chi connectivity index (χ1v) is 14.7. The molecule has 0 radical (unpaired) electrons. The van der Waals surface area contributed by atoms with Crippen molar-refractivity contribution in [3.05, 3.63) is 99.3 Å². The molecule has 0 saturated carbocycles. The standard InChI is InChI=1S/C31H39N5O8/c32-20-30(43-22-12-6-2-7-13-22,29(27(33)41,35-15-8-3-9-16-35)18-21-10-4-1-5-11-21)31(26(40)25(39)23(19-37)44-31)36-17-14-24(38)34-28(36)42/h1-2,4-7,10-14,17,23,25-26,37,39-40H,3,8-9,15-16,18-20,32H2,(H2,33,41)(H,34,38,42)/t23-,25-,26-,29?,30?,31+/m1/s1. The number of carbonyl (C=O) groups excluding carboxylic acids is 1. The molecule has 0 aliphatic carbocycles. The number of piperidine rings is 1. The molecule has 44 heavy (non-hydrogen) atoms. The second kappa shape index (κ2) is 12.6. The van der Waals surface area contributed by atoms with Crippen molar-refractivity contribution >= 4 is 5.91 Å². The van der Waals surface area contributed by atoms with Crippen LogP contribution in [0.3, 0.4) is 0 Å². The Bertz CT molecular complexity index is 1550. The highest BCUT2D eigenvalue weighted by atomic mass is 16.6. The largest absolute Gasteiger partial charge is 0.478 e. The van der Waals surface area contributed by atoms with Gasteiger partial charge in [-0.2, -0.15) is 0 Å². The first-order chi connectivity index (χ1) is 21.2. The van der Waals surface area contributed by atoms with Gasteiger partial charge >= 0.3 is 5.69 Å². The molecule has 0 bridgehead atoms. The van der Waals surface area contributed by atoms with Crippen LogP contribution in [0.2, 0.25) is 0 Å². The summed E-state index contributed by atoms with van der Waals surface area (Å²) in [4.78, 5) is 44.3. The number of likely N-dealkylation sites (tertiary alicyclic amines) is 1. The number of aliphatic hydroxyl groups is 3. The number of aromatic amines is 1. The van der Waals surface area contributed by atoms with Crippen molar-refractivity contribution in [2.45, 2.75) is 60.9 Å². The van der Waals surface area contributed by atoms with Gasteiger partial charge in [0.1, 0.15) is 24.1 Å². The maximum Gasteiger partial charge on any atom is 0.330 e. The number of rotatable bonds is 11. The quantitative estimate of drug-likeness (QED) is 0.157. The minimum Gasteiger partial charge on any atom is -0.478 e. The van der Waals surface area contributed by atoms with Gasteiger partial charge in [0.15, 0.2) is 11.1 Å². The number of nitrogens with zero attached hydrogens (tertiary/aromatic N) is 2. The summed E-state index contributed by atoms with van der Waals surface area (Å²) < 4.78 is 14.1. The molecule has 6 atom stereocenters. The number of primary amides is 1. The van der Waals surface area contributed by atoms with Crippen LogP contribution in [0.1, 0.15) is 24.8 Å². The van der Waals surface area contributed by atoms with Gasteiger partial charge in [0.05, 0.1) is 6.61 Å². The van der Waals surface area contributed by atoms with E-state index < -0.39 is 65.5 Å². The van der Waals surface area contributed by atoms with E-state index in [1.54, 1.807) is 42.5 Å². The van der Waals surface area contributed by atoms with Crippen molar-refractivity contribution in [2.75, 3.05) is 26.2 Å². The number of para-hydroxylation sites is 1. The molecule has 13 nitrogen and oxygen atoms in total. The van der Waals surface area contributed by atoms with E-state index in [1.807, 2.05) is 23.1 Å². The average Bonchev–Trinajstić information content (AvgIpc) is 3.30. The molecule has 1 amide bonds. The lowest BCUT2D eigenvalue weighted by Crippen LogP contribution is -2.85. The van der Waals surface area contributed by atoms with Crippen LogP contribution in [0, 0.1) is 0 Å². The Morgan fingerprint density at radius 3 is 2.20 bits per heavy atom. The molecule has 3 aromatic rings. The lowest BCUT2D eigenvalue weighted by molar-refractivity contribution is -0.281. The van der Waals surface area contributed by atoms with Crippen LogP contribution < -0.4 is 27.5 Å². The zero-order valence-corrected chi connectivity index (χ0v) is 24.2. The minimum atomic E-state index is -2.52. The molecule has 2 aliphatic rings. The van der Waals surface area contributed by atoms with E-state index in [0.717, 1.165) is 23.3 Å². The van der Waals surface area contributed by atoms with Crippen molar-refractivity contribution in [1.82, 2.24) is 14.5 Å². The summed E-state index contributed by atoms with van der Waals surface area (Å²) in [6, 6.07) is 18.4. The molecule has 236 valence electrons. The van der Waals surface area contributed by atoms with Crippen LogP contribution in [0.15, 0.2) is 82.5 Å². The van der Waals surface area contributed by atoms with Crippen molar-refractivity contribution in [2.24, 2.45) is 11.5 Å². The number of aliphatic hydroxyl groups excluding tert-OH is 3. The minimum absolute atomic E-state index is 0.0942. The van der Waals surface area contributed by atoms with Crippen molar-refractivity contribution in [3.63, 3.8) is 0 Å². The van der Waals surface area contributed by atoms with Crippen LogP contribution in [0.25, 0.3) is 0 Å². The number of hydrogen-bond donors (Lipinski definition) is 6. The van der Waals surface area contributed by atoms with E-state index in [9.17, 15) is 29.7 Å². The number of hydrogen-bond acceptors (Lipinski definition) is 10. The number of amides is 1. The van der Waals surface area contributed by atoms with E-state index >= 15 is 0 Å². The Morgan fingerprint density at radius 2 is 1.66 bits per heavy atom. The molecule has 2 fully saturated rings. The van der Waals surface area contributed by atoms with Crippen LogP contribution in [0.4, 0.5) is 0 Å². The molecule has 2 saturated heterocycles. The maximum atomic E-state index is 14.4. The second-order valence-electron chi connectivity index (χ2n) is 11.3. The van der Waals surface area contributed by atoms with Gasteiger partial charge in [-0.15, -0.1) is 0 Å². The van der Waals surface area contributed by atoms with E-state index in [2.05, 4.69) is 4.98 Å². The normalized spacial score (nSPS) is 26.9. The number of nitrogens with one attached hydrogen (secondary N) is 1. The van der Waals surface area contributed by atoms with Gasteiger partial charge in [-0.1, -0.05) is 55.0 Å². The van der Waals surface area contributed by atoms with Gasteiger partial charge in [-0.3, -0.25) is 24.0 Å². The summed E-state index contributed by atoms with van der Waals surface area (Å²) in [5.41, 5.74) is 5.35. The topological polar surface area (TPSA) is 206 Å². The molecule has 8 N–H and O–H groups in total. The summed E-state index contributed by atoms with van der Waals surface area (Å²) in [6.07, 6.45) is -1.95. The lowest BCUT2D eigenvalue weighted by Gasteiger charge is -2.60. The molecule has 13 heteroatoms. The van der Waals surface area contributed by atoms with Crippen LogP contribution in [0.5, 0.6) is 5.75 Å². The summed E-state index contributed by atoms with van der Waals surface area (Å²) in [5, 5.41) is 33.6. The van der Waals surface area contributed by atoms with Gasteiger partial charge in [-0.25, -0.2) is 4.79 Å². The number of aromatic nitrogens is 2. The Labute approximate surface area is 253 Å². The fourth-order valence-electron chi connectivity index (χ4n) is 6.98. The van der Waals surface area contributed by atoms with Gasteiger partial charge in [0, 0.05) is 25.2 Å². The van der Waals surface area contributed by atoms with Gasteiger partial charge < -0.3 is 36.3 Å². The lowest BCUT2D eigenvalue weighted by atomic mass is 9.65. The highest BCUT2D eigenvalue weighted by Crippen LogP contribution is 2.52. The molecule has 2 aliphatic heterocycles. The Balaban J connectivity index is 1.95. The summed E-state index contributed by atoms with van der Waals surface area (Å²) in [7, 11) is 0. The highest BCUT2D eigenvalue weighted by molar-refractivity contribution is 5.87. The molecular weight excluding hydrogens is 570 g/mol. The van der Waals surface area contributed by atoms with Gasteiger partial charge in [0.2, 0.25) is 11.6 Å². The Kier molecular flexibility index (Phi) is 9.07. The summed E-state index contributed by atoms with van der Waals surface area (Å²) in [5.74, 6) is -0.678. The number of H-pyrrole nitrogens is 1.